The van der Waals surface area contributed by atoms with Crippen molar-refractivity contribution < 1.29 is 33.5 Å². The predicted octanol–water partition coefficient (Wildman–Crippen LogP) is 4.97. The van der Waals surface area contributed by atoms with Gasteiger partial charge >= 0.3 is 6.09 Å². The van der Waals surface area contributed by atoms with Gasteiger partial charge in [0.05, 0.1) is 22.7 Å². The number of carbonyl (C=O) groups excluding carboxylic acids is 6. The zero-order valence-electron chi connectivity index (χ0n) is 32.4. The Bertz CT molecular complexity index is 1600. The molecule has 0 bridgehead atoms. The Labute approximate surface area is 327 Å². The minimum absolute atomic E-state index is 0.175. The lowest BCUT2D eigenvalue weighted by molar-refractivity contribution is -0.144. The third-order valence-corrected chi connectivity index (χ3v) is 12.4. The first kappa shape index (κ1) is 42.7. The monoisotopic (exact) mass is 781 g/mol. The van der Waals surface area contributed by atoms with E-state index in [1.54, 1.807) is 44.3 Å². The Balaban J connectivity index is 1.47. The van der Waals surface area contributed by atoms with Crippen molar-refractivity contribution in [3.05, 3.63) is 71.8 Å². The largest absolute Gasteiger partial charge is 0.444 e. The predicted molar refractivity (Wildman–Crippen MR) is 213 cm³/mol. The molecule has 0 aliphatic carbocycles. The Morgan fingerprint density at radius 3 is 1.94 bits per heavy atom. The van der Waals surface area contributed by atoms with Crippen LogP contribution in [0.4, 0.5) is 4.79 Å². The summed E-state index contributed by atoms with van der Waals surface area (Å²) in [5.74, 6) is -1.60. The highest BCUT2D eigenvalue weighted by atomic mass is 32.2. The zero-order valence-corrected chi connectivity index (χ0v) is 34.0. The molecule has 294 valence electrons. The van der Waals surface area contributed by atoms with Crippen LogP contribution in [0.1, 0.15) is 91.3 Å². The van der Waals surface area contributed by atoms with Gasteiger partial charge in [0.1, 0.15) is 17.7 Å². The molecule has 2 aliphatic rings. The third-order valence-electron chi connectivity index (χ3n) is 9.09. The van der Waals surface area contributed by atoms with Gasteiger partial charge in [-0.15, -0.1) is 23.5 Å². The summed E-state index contributed by atoms with van der Waals surface area (Å²) in [4.78, 5) is 82.8. The van der Waals surface area contributed by atoms with Crippen LogP contribution in [0.25, 0.3) is 0 Å². The van der Waals surface area contributed by atoms with Gasteiger partial charge in [-0.05, 0) is 61.7 Å². The molecule has 1 spiro atoms. The molecule has 2 heterocycles. The Morgan fingerprint density at radius 1 is 0.852 bits per heavy atom. The molecule has 0 radical (unpaired) electrons. The summed E-state index contributed by atoms with van der Waals surface area (Å²) in [5, 5.41) is 10.9. The number of thioether (sulfide) groups is 2. The molecule has 1 unspecified atom stereocenters. The molecule has 4 rings (SSSR count). The maximum absolute atomic E-state index is 14.4. The Morgan fingerprint density at radius 2 is 1.43 bits per heavy atom. The van der Waals surface area contributed by atoms with E-state index in [0.717, 1.165) is 29.1 Å². The molecule has 3 atom stereocenters. The quantitative estimate of drug-likeness (QED) is 0.206. The van der Waals surface area contributed by atoms with Gasteiger partial charge < -0.3 is 30.9 Å². The molecule has 54 heavy (non-hydrogen) atoms. The molecule has 2 aromatic rings. The molecule has 5 amide bonds. The first-order valence-corrected chi connectivity index (χ1v) is 20.5. The molecule has 12 nitrogen and oxygen atoms in total. The Hall–Kier alpha value is -4.04. The topological polar surface area (TPSA) is 163 Å². The van der Waals surface area contributed by atoms with E-state index in [1.807, 2.05) is 88.4 Å². The lowest BCUT2D eigenvalue weighted by Crippen LogP contribution is -2.59. The van der Waals surface area contributed by atoms with Crippen LogP contribution in [0.5, 0.6) is 0 Å². The van der Waals surface area contributed by atoms with E-state index < -0.39 is 81.3 Å². The number of ether oxygens (including phenoxy) is 1. The van der Waals surface area contributed by atoms with Gasteiger partial charge in [0.25, 0.3) is 5.91 Å². The molecule has 14 heteroatoms. The average molecular weight is 782 g/mol. The average Bonchev–Trinajstić information content (AvgIpc) is 3.49. The van der Waals surface area contributed by atoms with Crippen molar-refractivity contribution in [3.63, 3.8) is 0 Å². The second-order valence-electron chi connectivity index (χ2n) is 15.8. The number of likely N-dealkylation sites (tertiary alicyclic amines) is 1. The minimum atomic E-state index is -1.18. The first-order valence-electron chi connectivity index (χ1n) is 18.5. The molecule has 2 saturated heterocycles. The fourth-order valence-corrected chi connectivity index (χ4v) is 9.81. The smallest absolute Gasteiger partial charge is 0.408 e. The molecule has 2 fully saturated rings. The van der Waals surface area contributed by atoms with Crippen molar-refractivity contribution in [1.82, 2.24) is 26.2 Å². The molecule has 4 N–H and O–H groups in total. The number of nitrogens with one attached hydrogen (secondary N) is 4. The number of amides is 5. The van der Waals surface area contributed by atoms with Crippen LogP contribution in [0.2, 0.25) is 0 Å². The van der Waals surface area contributed by atoms with Crippen molar-refractivity contribution in [3.8, 4) is 0 Å². The maximum Gasteiger partial charge on any atom is 0.408 e. The van der Waals surface area contributed by atoms with Crippen molar-refractivity contribution >= 4 is 59.0 Å². The number of Topliss-reactive ketones (excluding diaryl/α,β-unsaturated/α-hetero) is 1. The van der Waals surface area contributed by atoms with E-state index in [9.17, 15) is 28.8 Å². The summed E-state index contributed by atoms with van der Waals surface area (Å²) >= 11 is 3.43. The standard InChI is InChI=1S/C40H55N5O7S2/c1-8-16-28(32(47)35(49)41-24-30(46)43-31(26-17-11-9-12-18-26)27-19-13-10-14-20-27)42-34(48)29-23-40(53-21-15-22-54-40)25-45(29)36(50)33(38(2,3)4)44-37(51)52-39(5,6)7/h9-14,17-20,28-29,31,33H,8,15-16,21-25H2,1-7H3,(H,41,49)(H,42,48)(H,43,46)(H,44,51)/t28?,29-,33+/m0/s1. The SMILES string of the molecule is CCCC(NC(=O)[C@@H]1CC2(CN1C(=O)[C@@H](NC(=O)OC(C)(C)C)C(C)(C)C)SCCCS2)C(=O)C(=O)NCC(=O)NC(c1ccccc1)c1ccccc1. The van der Waals surface area contributed by atoms with Crippen molar-refractivity contribution in [2.45, 2.75) is 108 Å². The highest BCUT2D eigenvalue weighted by molar-refractivity contribution is 8.18. The maximum atomic E-state index is 14.4. The van der Waals surface area contributed by atoms with Crippen LogP contribution >= 0.6 is 23.5 Å². The van der Waals surface area contributed by atoms with Crippen molar-refractivity contribution in [2.24, 2.45) is 5.41 Å². The van der Waals surface area contributed by atoms with E-state index in [-0.39, 0.29) is 13.0 Å². The summed E-state index contributed by atoms with van der Waals surface area (Å²) < 4.78 is 5.04. The lowest BCUT2D eigenvalue weighted by atomic mass is 9.85. The van der Waals surface area contributed by atoms with E-state index in [4.69, 9.17) is 4.74 Å². The molecule has 0 saturated carbocycles. The van der Waals surface area contributed by atoms with E-state index in [0.29, 0.717) is 12.8 Å². The number of ketones is 1. The molecule has 0 aromatic heterocycles. The number of benzene rings is 2. The highest BCUT2D eigenvalue weighted by Crippen LogP contribution is 2.50. The number of hydrogen-bond acceptors (Lipinski definition) is 9. The first-order chi connectivity index (χ1) is 25.4. The summed E-state index contributed by atoms with van der Waals surface area (Å²) in [7, 11) is 0. The van der Waals surface area contributed by atoms with Gasteiger partial charge in [-0.25, -0.2) is 4.79 Å². The second kappa shape index (κ2) is 18.5. The van der Waals surface area contributed by atoms with E-state index in [1.165, 1.54) is 4.90 Å². The number of nitrogens with zero attached hydrogens (tertiary/aromatic N) is 1. The molecular weight excluding hydrogens is 727 g/mol. The third kappa shape index (κ3) is 11.7. The second-order valence-corrected chi connectivity index (χ2v) is 19.0. The van der Waals surface area contributed by atoms with Crippen LogP contribution in [0.15, 0.2) is 60.7 Å². The van der Waals surface area contributed by atoms with Gasteiger partial charge in [-0.3, -0.25) is 24.0 Å². The van der Waals surface area contributed by atoms with Gasteiger partial charge in [0.2, 0.25) is 23.5 Å². The minimum Gasteiger partial charge on any atom is -0.444 e. The summed E-state index contributed by atoms with van der Waals surface area (Å²) in [5.41, 5.74) is 0.191. The fourth-order valence-electron chi connectivity index (χ4n) is 6.46. The van der Waals surface area contributed by atoms with Crippen molar-refractivity contribution in [2.75, 3.05) is 24.6 Å². The van der Waals surface area contributed by atoms with Gasteiger partial charge in [-0.1, -0.05) is 94.8 Å². The lowest BCUT2D eigenvalue weighted by Gasteiger charge is -2.36. The number of hydrogen-bond donors (Lipinski definition) is 4. The molecule has 2 aliphatic heterocycles. The van der Waals surface area contributed by atoms with Crippen LogP contribution in [-0.2, 0) is 28.7 Å². The van der Waals surface area contributed by atoms with Crippen LogP contribution < -0.4 is 21.3 Å². The summed E-state index contributed by atoms with van der Waals surface area (Å²) in [6.07, 6.45) is 1.26. The van der Waals surface area contributed by atoms with Gasteiger partial charge in [0, 0.05) is 13.0 Å². The Kier molecular flexibility index (Phi) is 14.7. The van der Waals surface area contributed by atoms with Crippen LogP contribution in [0, 0.1) is 5.41 Å². The highest BCUT2D eigenvalue weighted by Gasteiger charge is 2.53. The van der Waals surface area contributed by atoms with E-state index >= 15 is 0 Å². The fraction of sp³-hybridized carbons (Fsp3) is 0.550. The molecular formula is C40H55N5O7S2. The normalized spacial score (nSPS) is 18.0. The number of rotatable bonds is 13. The number of carbonyl (C=O) groups is 6. The van der Waals surface area contributed by atoms with Crippen LogP contribution in [0.3, 0.4) is 0 Å². The number of alkyl carbamates (subject to hydrolysis) is 1. The summed E-state index contributed by atoms with van der Waals surface area (Å²) in [6.45, 7) is 12.3. The molecule has 2 aromatic carbocycles. The van der Waals surface area contributed by atoms with E-state index in [2.05, 4.69) is 21.3 Å². The van der Waals surface area contributed by atoms with Gasteiger partial charge in [0.15, 0.2) is 0 Å². The zero-order chi connectivity index (χ0) is 39.7. The van der Waals surface area contributed by atoms with Crippen LogP contribution in [-0.4, -0.2) is 92.8 Å². The van der Waals surface area contributed by atoms with Gasteiger partial charge in [-0.2, -0.15) is 0 Å². The van der Waals surface area contributed by atoms with Crippen molar-refractivity contribution in [1.29, 1.82) is 0 Å². The summed E-state index contributed by atoms with van der Waals surface area (Å²) in [6, 6.07) is 15.2.